The van der Waals surface area contributed by atoms with Crippen molar-refractivity contribution < 1.29 is 47.0 Å². The summed E-state index contributed by atoms with van der Waals surface area (Å²) in [5.74, 6) is -1.05. The Balaban J connectivity index is 1.74. The van der Waals surface area contributed by atoms with Gasteiger partial charge in [-0.25, -0.2) is 13.8 Å². The Morgan fingerprint density at radius 2 is 2.00 bits per heavy atom. The monoisotopic (exact) mass is 531 g/mol. The van der Waals surface area contributed by atoms with Gasteiger partial charge in [-0.05, 0) is 39.8 Å². The third-order valence-corrected chi connectivity index (χ3v) is 7.17. The van der Waals surface area contributed by atoms with Gasteiger partial charge in [0, 0.05) is 13.0 Å². The molecule has 1 unspecified atom stereocenters. The molecule has 2 aliphatic heterocycles. The molecule has 1 aromatic rings. The van der Waals surface area contributed by atoms with E-state index in [0.717, 1.165) is 11.8 Å². The highest BCUT2D eigenvalue weighted by atomic mass is 31.2. The molecular weight excluding hydrogens is 500 g/mol. The van der Waals surface area contributed by atoms with Crippen LogP contribution in [0, 0.1) is 0 Å². The minimum absolute atomic E-state index is 0.0622. The van der Waals surface area contributed by atoms with Crippen molar-refractivity contribution in [2.45, 2.75) is 70.4 Å². The maximum Gasteiger partial charge on any atom is 0.459 e. The number of alkyl halides is 1. The highest BCUT2D eigenvalue weighted by molar-refractivity contribution is 7.52. The van der Waals surface area contributed by atoms with Crippen molar-refractivity contribution in [2.24, 2.45) is 0 Å². The maximum absolute atomic E-state index is 15.5. The summed E-state index contributed by atoms with van der Waals surface area (Å²) in [5.41, 5.74) is -2.43. The first-order valence-corrected chi connectivity index (χ1v) is 13.0. The van der Waals surface area contributed by atoms with Gasteiger partial charge in [0.15, 0.2) is 11.9 Å². The molecule has 2 fully saturated rings. The molecule has 12 nitrogen and oxygen atoms in total. The molecule has 0 spiro atoms. The molecule has 6 atom stereocenters. The largest absolute Gasteiger partial charge is 0.462 e. The van der Waals surface area contributed by atoms with Crippen molar-refractivity contribution in [2.75, 3.05) is 13.2 Å². The number of carbonyl (C=O) groups is 3. The van der Waals surface area contributed by atoms with E-state index in [1.54, 1.807) is 32.0 Å². The first-order chi connectivity index (χ1) is 16.8. The standard InChI is InChI=1S/C22H31FN3O9P/c1-13(2)33-19(29)14(3)25-36(31,35-15-8-6-5-7-9-15)32-12-16-18(28)22(4,23)20(34-16)26-11-10-17(27)24-21(26)30/h5-9,13-14,16,18,20,28H,10-12H2,1-4H3,(H,25,31)(H,24,27,30)/t14-,16+,18-,20+,22-,36?/m0/s1. The Kier molecular flexibility index (Phi) is 8.73. The molecule has 0 aliphatic carbocycles. The number of carbonyl (C=O) groups excluding carboxylic acids is 3. The van der Waals surface area contributed by atoms with Crippen LogP contribution < -0.4 is 14.9 Å². The molecule has 3 N–H and O–H groups in total. The molecule has 2 heterocycles. The Bertz CT molecular complexity index is 1010. The van der Waals surface area contributed by atoms with Gasteiger partial charge in [0.05, 0.1) is 12.7 Å². The fraction of sp³-hybridized carbons (Fsp3) is 0.591. The van der Waals surface area contributed by atoms with E-state index in [9.17, 15) is 24.1 Å². The number of rotatable bonds is 10. The number of halogens is 1. The number of urea groups is 1. The molecule has 0 radical (unpaired) electrons. The van der Waals surface area contributed by atoms with Crippen molar-refractivity contribution in [3.05, 3.63) is 30.3 Å². The van der Waals surface area contributed by atoms with Gasteiger partial charge in [0.1, 0.15) is 24.0 Å². The first-order valence-electron chi connectivity index (χ1n) is 11.4. The molecular formula is C22H31FN3O9P. The second-order valence-corrected chi connectivity index (χ2v) is 10.6. The molecule has 3 rings (SSSR count). The predicted molar refractivity (Wildman–Crippen MR) is 123 cm³/mol. The third kappa shape index (κ3) is 6.60. The van der Waals surface area contributed by atoms with Gasteiger partial charge in [-0.2, -0.15) is 5.09 Å². The van der Waals surface area contributed by atoms with Crippen molar-refractivity contribution in [1.82, 2.24) is 15.3 Å². The third-order valence-electron chi connectivity index (χ3n) is 5.52. The zero-order valence-electron chi connectivity index (χ0n) is 20.4. The lowest BCUT2D eigenvalue weighted by Gasteiger charge is -2.35. The molecule has 200 valence electrons. The van der Waals surface area contributed by atoms with E-state index in [1.165, 1.54) is 19.1 Å². The maximum atomic E-state index is 15.5. The predicted octanol–water partition coefficient (Wildman–Crippen LogP) is 1.88. The van der Waals surface area contributed by atoms with Gasteiger partial charge in [-0.3, -0.25) is 24.3 Å². The first kappa shape index (κ1) is 28.0. The zero-order chi connectivity index (χ0) is 26.7. The van der Waals surface area contributed by atoms with E-state index < -0.39 is 68.5 Å². The Morgan fingerprint density at radius 3 is 2.61 bits per heavy atom. The highest BCUT2D eigenvalue weighted by Crippen LogP contribution is 2.46. The van der Waals surface area contributed by atoms with Crippen LogP contribution in [0.15, 0.2) is 30.3 Å². The van der Waals surface area contributed by atoms with Gasteiger partial charge >= 0.3 is 19.7 Å². The number of ether oxygens (including phenoxy) is 2. The van der Waals surface area contributed by atoms with Crippen molar-refractivity contribution >= 4 is 25.7 Å². The lowest BCUT2D eigenvalue weighted by molar-refractivity contribution is -0.149. The van der Waals surface area contributed by atoms with Crippen LogP contribution >= 0.6 is 7.75 Å². The average Bonchev–Trinajstić information content (AvgIpc) is 3.01. The number of esters is 1. The molecule has 14 heteroatoms. The number of nitrogens with one attached hydrogen (secondary N) is 2. The summed E-state index contributed by atoms with van der Waals surface area (Å²) in [4.78, 5) is 36.8. The highest BCUT2D eigenvalue weighted by Gasteiger charge is 2.58. The normalized spacial score (nSPS) is 29.0. The summed E-state index contributed by atoms with van der Waals surface area (Å²) in [6.07, 6.45) is -5.14. The molecule has 2 saturated heterocycles. The van der Waals surface area contributed by atoms with Crippen molar-refractivity contribution in [3.8, 4) is 5.75 Å². The molecule has 3 amide bonds. The van der Waals surface area contributed by atoms with Crippen LogP contribution in [-0.4, -0.2) is 77.3 Å². The lowest BCUT2D eigenvalue weighted by Crippen LogP contribution is -2.59. The Morgan fingerprint density at radius 1 is 1.33 bits per heavy atom. The fourth-order valence-electron chi connectivity index (χ4n) is 3.70. The minimum Gasteiger partial charge on any atom is -0.462 e. The van der Waals surface area contributed by atoms with E-state index in [2.05, 4.69) is 10.4 Å². The number of imide groups is 1. The van der Waals surface area contributed by atoms with E-state index in [0.29, 0.717) is 0 Å². The van der Waals surface area contributed by atoms with Crippen LogP contribution in [0.5, 0.6) is 5.75 Å². The summed E-state index contributed by atoms with van der Waals surface area (Å²) in [6, 6.07) is 6.04. The van der Waals surface area contributed by atoms with Crippen LogP contribution in [0.1, 0.15) is 34.1 Å². The number of hydrogen-bond donors (Lipinski definition) is 3. The molecule has 0 bridgehead atoms. The minimum atomic E-state index is -4.29. The van der Waals surface area contributed by atoms with Crippen molar-refractivity contribution in [3.63, 3.8) is 0 Å². The van der Waals surface area contributed by atoms with Gasteiger partial charge < -0.3 is 19.1 Å². The summed E-state index contributed by atoms with van der Waals surface area (Å²) < 4.78 is 50.7. The van der Waals surface area contributed by atoms with Crippen LogP contribution in [0.2, 0.25) is 0 Å². The number of aliphatic hydroxyl groups excluding tert-OH is 1. The summed E-state index contributed by atoms with van der Waals surface area (Å²) >= 11 is 0. The molecule has 1 aromatic carbocycles. The van der Waals surface area contributed by atoms with Crippen molar-refractivity contribution in [1.29, 1.82) is 0 Å². The number of benzene rings is 1. The lowest BCUT2D eigenvalue weighted by atomic mass is 9.97. The number of amides is 3. The van der Waals surface area contributed by atoms with Crippen LogP contribution in [-0.2, 0) is 28.2 Å². The smallest absolute Gasteiger partial charge is 0.459 e. The van der Waals surface area contributed by atoms with E-state index in [4.69, 9.17) is 18.5 Å². The topological polar surface area (TPSA) is 153 Å². The van der Waals surface area contributed by atoms with E-state index in [-0.39, 0.29) is 18.7 Å². The van der Waals surface area contributed by atoms with Gasteiger partial charge in [0.2, 0.25) is 5.91 Å². The molecule has 0 saturated carbocycles. The van der Waals surface area contributed by atoms with Gasteiger partial charge in [-0.15, -0.1) is 0 Å². The van der Waals surface area contributed by atoms with E-state index >= 15 is 4.39 Å². The van der Waals surface area contributed by atoms with Crippen LogP contribution in [0.4, 0.5) is 9.18 Å². The summed E-state index contributed by atoms with van der Waals surface area (Å²) in [7, 11) is -4.29. The van der Waals surface area contributed by atoms with Gasteiger partial charge in [-0.1, -0.05) is 18.2 Å². The quantitative estimate of drug-likeness (QED) is 0.301. The number of hydrogen-bond acceptors (Lipinski definition) is 9. The second kappa shape index (κ2) is 11.2. The number of aliphatic hydroxyl groups is 1. The number of para-hydroxylation sites is 1. The Labute approximate surface area is 208 Å². The molecule has 2 aliphatic rings. The van der Waals surface area contributed by atoms with Crippen LogP contribution in [0.3, 0.4) is 0 Å². The average molecular weight is 531 g/mol. The molecule has 36 heavy (non-hydrogen) atoms. The SMILES string of the molecule is CC(C)OC(=O)[C@H](C)NP(=O)(OC[C@H]1O[C@@H](N2CCC(=O)NC2=O)[C@@](C)(F)[C@H]1O)Oc1ccccc1. The second-order valence-electron chi connectivity index (χ2n) is 8.95. The summed E-state index contributed by atoms with van der Waals surface area (Å²) in [6.45, 7) is 5.04. The van der Waals surface area contributed by atoms with Crippen LogP contribution in [0.25, 0.3) is 0 Å². The van der Waals surface area contributed by atoms with E-state index in [1.807, 2.05) is 0 Å². The Hall–Kier alpha value is -2.57. The molecule has 0 aromatic heterocycles. The fourth-order valence-corrected chi connectivity index (χ4v) is 5.20. The summed E-state index contributed by atoms with van der Waals surface area (Å²) in [5, 5.41) is 15.1. The zero-order valence-corrected chi connectivity index (χ0v) is 21.3. The number of nitrogens with zero attached hydrogens (tertiary/aromatic N) is 1. The van der Waals surface area contributed by atoms with Gasteiger partial charge in [0.25, 0.3) is 0 Å².